The number of aliphatic hydroxyl groups is 1. The van der Waals surface area contributed by atoms with E-state index in [-0.39, 0.29) is 41.5 Å². The molecule has 2 aliphatic heterocycles. The van der Waals surface area contributed by atoms with Crippen molar-refractivity contribution in [1.29, 1.82) is 0 Å². The Kier molecular flexibility index (Phi) is 8.22. The predicted octanol–water partition coefficient (Wildman–Crippen LogP) is 3.98. The molecule has 0 saturated carbocycles. The summed E-state index contributed by atoms with van der Waals surface area (Å²) >= 11 is 0. The number of amides is 2. The summed E-state index contributed by atoms with van der Waals surface area (Å²) in [5.74, 6) is -0.444. The number of carbonyl (C=O) groups is 2. The molecule has 4 aromatic rings. The van der Waals surface area contributed by atoms with Crippen molar-refractivity contribution in [3.63, 3.8) is 0 Å². The number of likely N-dealkylation sites (tertiary alicyclic amines) is 2. The van der Waals surface area contributed by atoms with E-state index in [1.54, 1.807) is 15.8 Å². The lowest BCUT2D eigenvalue weighted by atomic mass is 9.79. The van der Waals surface area contributed by atoms with E-state index in [0.29, 0.717) is 51.1 Å². The van der Waals surface area contributed by atoms with E-state index in [4.69, 9.17) is 4.74 Å². The minimum absolute atomic E-state index is 0.0291. The Morgan fingerprint density at radius 1 is 0.933 bits per heavy atom. The largest absolute Gasteiger partial charge is 0.444 e. The molecule has 2 aliphatic rings. The van der Waals surface area contributed by atoms with Gasteiger partial charge in [-0.1, -0.05) is 48.5 Å². The number of benzene rings is 2. The topological polar surface area (TPSA) is 123 Å². The first kappa shape index (κ1) is 30.5. The predicted molar refractivity (Wildman–Crippen MR) is 169 cm³/mol. The molecule has 6 rings (SSSR count). The van der Waals surface area contributed by atoms with Crippen LogP contribution in [0.3, 0.4) is 0 Å². The summed E-state index contributed by atoms with van der Waals surface area (Å²) in [6, 6.07) is 19.4. The van der Waals surface area contributed by atoms with Gasteiger partial charge in [-0.3, -0.25) is 18.7 Å². The number of nitrogens with zero attached hydrogens (tertiary/aromatic N) is 6. The molecule has 11 heteroatoms. The molecular formula is C34H40N6O5. The number of rotatable bonds is 5. The van der Waals surface area contributed by atoms with Crippen LogP contribution in [-0.2, 0) is 16.1 Å². The maximum atomic E-state index is 14.0. The molecule has 2 aromatic heterocycles. The fourth-order valence-corrected chi connectivity index (χ4v) is 6.45. The zero-order valence-electron chi connectivity index (χ0n) is 26.0. The van der Waals surface area contributed by atoms with Crippen LogP contribution in [0.4, 0.5) is 4.79 Å². The second-order valence-electron chi connectivity index (χ2n) is 13.2. The maximum Gasteiger partial charge on any atom is 0.410 e. The van der Waals surface area contributed by atoms with Gasteiger partial charge in [0, 0.05) is 43.7 Å². The van der Waals surface area contributed by atoms with E-state index in [1.165, 1.54) is 10.9 Å². The van der Waals surface area contributed by atoms with Gasteiger partial charge in [0.15, 0.2) is 11.2 Å². The molecule has 0 aliphatic carbocycles. The SMILES string of the molecule is CC(C)(C)OC(=O)N1CC[C@@H](C(=O)N2CCC(O)(Cn3cnc4c(ncn4-c4ccccc4)c3=O)CC2)[C@H](c2ccccc2)C1. The smallest absolute Gasteiger partial charge is 0.410 e. The van der Waals surface area contributed by atoms with Gasteiger partial charge in [0.2, 0.25) is 5.91 Å². The van der Waals surface area contributed by atoms with Crippen LogP contribution in [0.25, 0.3) is 16.9 Å². The third-order valence-corrected chi connectivity index (χ3v) is 8.84. The number of hydrogen-bond donors (Lipinski definition) is 1. The summed E-state index contributed by atoms with van der Waals surface area (Å²) < 4.78 is 8.81. The third-order valence-electron chi connectivity index (χ3n) is 8.84. The summed E-state index contributed by atoms with van der Waals surface area (Å²) in [5.41, 5.74) is 0.469. The Labute approximate surface area is 262 Å². The number of imidazole rings is 1. The zero-order valence-corrected chi connectivity index (χ0v) is 26.0. The Morgan fingerprint density at radius 2 is 1.60 bits per heavy atom. The van der Waals surface area contributed by atoms with Crippen LogP contribution in [0, 0.1) is 5.92 Å². The average Bonchev–Trinajstić information content (AvgIpc) is 3.47. The normalized spacial score (nSPS) is 20.3. The third kappa shape index (κ3) is 6.49. The minimum atomic E-state index is -1.17. The summed E-state index contributed by atoms with van der Waals surface area (Å²) in [6.07, 6.45) is 3.85. The fourth-order valence-electron chi connectivity index (χ4n) is 6.45. The second kappa shape index (κ2) is 12.1. The van der Waals surface area contributed by atoms with Crippen molar-refractivity contribution in [2.45, 2.75) is 63.7 Å². The summed E-state index contributed by atoms with van der Waals surface area (Å²) in [4.78, 5) is 52.5. The van der Waals surface area contributed by atoms with Crippen LogP contribution in [-0.4, -0.2) is 83.4 Å². The Balaban J connectivity index is 1.13. The molecule has 1 N–H and O–H groups in total. The Bertz CT molecular complexity index is 1720. The molecule has 0 unspecified atom stereocenters. The van der Waals surface area contributed by atoms with Crippen molar-refractivity contribution in [2.75, 3.05) is 26.2 Å². The molecule has 11 nitrogen and oxygen atoms in total. The van der Waals surface area contributed by atoms with Crippen LogP contribution < -0.4 is 5.56 Å². The molecule has 2 saturated heterocycles. The van der Waals surface area contributed by atoms with Gasteiger partial charge in [0.1, 0.15) is 18.3 Å². The molecule has 2 fully saturated rings. The number of piperidine rings is 2. The lowest BCUT2D eigenvalue weighted by Gasteiger charge is -2.43. The second-order valence-corrected chi connectivity index (χ2v) is 13.2. The van der Waals surface area contributed by atoms with Crippen LogP contribution in [0.2, 0.25) is 0 Å². The van der Waals surface area contributed by atoms with E-state index in [2.05, 4.69) is 9.97 Å². The molecule has 0 bridgehead atoms. The molecule has 2 atom stereocenters. The Morgan fingerprint density at radius 3 is 2.27 bits per heavy atom. The van der Waals surface area contributed by atoms with Gasteiger partial charge in [-0.05, 0) is 57.7 Å². The molecule has 236 valence electrons. The first-order valence-corrected chi connectivity index (χ1v) is 15.5. The van der Waals surface area contributed by atoms with Crippen molar-refractivity contribution in [2.24, 2.45) is 5.92 Å². The van der Waals surface area contributed by atoms with E-state index >= 15 is 0 Å². The van der Waals surface area contributed by atoms with Gasteiger partial charge >= 0.3 is 6.09 Å². The number of hydrogen-bond acceptors (Lipinski definition) is 7. The molecule has 2 amide bonds. The number of aromatic nitrogens is 4. The average molecular weight is 613 g/mol. The van der Waals surface area contributed by atoms with E-state index in [0.717, 1.165) is 11.3 Å². The highest BCUT2D eigenvalue weighted by Gasteiger charge is 2.42. The molecule has 2 aromatic carbocycles. The summed E-state index contributed by atoms with van der Waals surface area (Å²) in [5, 5.41) is 11.5. The lowest BCUT2D eigenvalue weighted by molar-refractivity contribution is -0.142. The highest BCUT2D eigenvalue weighted by molar-refractivity contribution is 5.81. The van der Waals surface area contributed by atoms with Crippen LogP contribution in [0.15, 0.2) is 78.1 Å². The first-order valence-electron chi connectivity index (χ1n) is 15.5. The van der Waals surface area contributed by atoms with Gasteiger partial charge in [0.05, 0.1) is 12.1 Å². The van der Waals surface area contributed by atoms with Gasteiger partial charge in [-0.15, -0.1) is 0 Å². The lowest BCUT2D eigenvalue weighted by Crippen LogP contribution is -2.53. The number of para-hydroxylation sites is 1. The van der Waals surface area contributed by atoms with Gasteiger partial charge in [-0.2, -0.15) is 0 Å². The molecular weight excluding hydrogens is 572 g/mol. The fraction of sp³-hybridized carbons (Fsp3) is 0.441. The minimum Gasteiger partial charge on any atom is -0.444 e. The quantitative estimate of drug-likeness (QED) is 0.362. The van der Waals surface area contributed by atoms with Crippen LogP contribution in [0.1, 0.15) is 51.5 Å². The van der Waals surface area contributed by atoms with Crippen molar-refractivity contribution in [3.05, 3.63) is 89.2 Å². The number of ether oxygens (including phenoxy) is 1. The zero-order chi connectivity index (χ0) is 31.8. The number of carbonyl (C=O) groups excluding carboxylic acids is 2. The monoisotopic (exact) mass is 612 g/mol. The molecule has 0 radical (unpaired) electrons. The highest BCUT2D eigenvalue weighted by atomic mass is 16.6. The van der Waals surface area contributed by atoms with Gasteiger partial charge < -0.3 is 19.6 Å². The molecule has 45 heavy (non-hydrogen) atoms. The van der Waals surface area contributed by atoms with Crippen molar-refractivity contribution < 1.29 is 19.4 Å². The van der Waals surface area contributed by atoms with E-state index < -0.39 is 11.2 Å². The number of fused-ring (bicyclic) bond motifs is 1. The molecule has 4 heterocycles. The standard InChI is InChI=1S/C34H40N6O5/c1-33(2,3)45-32(43)38-17-14-26(27(20-38)24-10-6-4-7-11-24)30(41)37-18-15-34(44,16-19-37)21-39-22-36-29-28(31(39)42)35-23-40(29)25-12-8-5-9-13-25/h4-13,22-23,26-27,44H,14-21H2,1-3H3/t26-,27+/m1/s1. The first-order chi connectivity index (χ1) is 21.5. The van der Waals surface area contributed by atoms with Crippen molar-refractivity contribution in [1.82, 2.24) is 28.9 Å². The van der Waals surface area contributed by atoms with Crippen molar-refractivity contribution in [3.8, 4) is 5.69 Å². The highest BCUT2D eigenvalue weighted by Crippen LogP contribution is 2.36. The Hall–Kier alpha value is -4.51. The summed E-state index contributed by atoms with van der Waals surface area (Å²) in [7, 11) is 0. The van der Waals surface area contributed by atoms with E-state index in [9.17, 15) is 19.5 Å². The van der Waals surface area contributed by atoms with Crippen LogP contribution in [0.5, 0.6) is 0 Å². The van der Waals surface area contributed by atoms with E-state index in [1.807, 2.05) is 86.3 Å². The van der Waals surface area contributed by atoms with Crippen molar-refractivity contribution >= 4 is 23.2 Å². The summed E-state index contributed by atoms with van der Waals surface area (Å²) in [6.45, 7) is 7.17. The van der Waals surface area contributed by atoms with Gasteiger partial charge in [0.25, 0.3) is 5.56 Å². The van der Waals surface area contributed by atoms with Crippen LogP contribution >= 0.6 is 0 Å². The molecule has 0 spiro atoms. The van der Waals surface area contributed by atoms with Gasteiger partial charge in [-0.25, -0.2) is 14.8 Å². The maximum absolute atomic E-state index is 14.0.